The number of fused-ring (bicyclic) bond motifs is 1. The number of rotatable bonds is 2. The zero-order valence-electron chi connectivity index (χ0n) is 10.7. The van der Waals surface area contributed by atoms with Crippen molar-refractivity contribution in [3.05, 3.63) is 0 Å². The lowest BCUT2D eigenvalue weighted by Gasteiger charge is -2.44. The summed E-state index contributed by atoms with van der Waals surface area (Å²) in [5, 5.41) is 19.3. The average Bonchev–Trinajstić information content (AvgIpc) is 2.57. The molecule has 0 aromatic rings. The molecule has 2 rings (SSSR count). The van der Waals surface area contributed by atoms with Gasteiger partial charge < -0.3 is 5.11 Å². The first-order valence-corrected chi connectivity index (χ1v) is 6.54. The molecule has 0 saturated heterocycles. The van der Waals surface area contributed by atoms with E-state index in [0.717, 1.165) is 25.7 Å². The van der Waals surface area contributed by atoms with Crippen LogP contribution in [-0.4, -0.2) is 16.5 Å². The van der Waals surface area contributed by atoms with Crippen LogP contribution in [0.4, 0.5) is 0 Å². The monoisotopic (exact) mass is 235 g/mol. The third kappa shape index (κ3) is 1.89. The molecule has 17 heavy (non-hydrogen) atoms. The van der Waals surface area contributed by atoms with Gasteiger partial charge in [0, 0.05) is 12.3 Å². The molecule has 1 N–H and O–H groups in total. The summed E-state index contributed by atoms with van der Waals surface area (Å²) in [6, 6.07) is 2.07. The molecule has 0 unspecified atom stereocenters. The number of carbonyl (C=O) groups excluding carboxylic acids is 1. The molecule has 0 radical (unpaired) electrons. The Hall–Kier alpha value is -0.880. The van der Waals surface area contributed by atoms with Crippen molar-refractivity contribution < 1.29 is 9.90 Å². The predicted molar refractivity (Wildman–Crippen MR) is 64.0 cm³/mol. The van der Waals surface area contributed by atoms with E-state index in [0.29, 0.717) is 12.2 Å². The molecular formula is C14H21NO2. The maximum Gasteiger partial charge on any atom is 0.136 e. The summed E-state index contributed by atoms with van der Waals surface area (Å²) in [6.07, 6.45) is 4.57. The molecular weight excluding hydrogens is 214 g/mol. The summed E-state index contributed by atoms with van der Waals surface area (Å²) in [4.78, 5) is 12.0. The van der Waals surface area contributed by atoms with Gasteiger partial charge in [-0.1, -0.05) is 6.92 Å². The Morgan fingerprint density at radius 3 is 2.94 bits per heavy atom. The number of carbonyl (C=O) groups is 1. The van der Waals surface area contributed by atoms with E-state index < -0.39 is 5.60 Å². The Labute approximate surface area is 103 Å². The van der Waals surface area contributed by atoms with E-state index in [1.165, 1.54) is 0 Å². The van der Waals surface area contributed by atoms with E-state index in [4.69, 9.17) is 5.26 Å². The number of nitrogens with zero attached hydrogens (tertiary/aromatic N) is 1. The van der Waals surface area contributed by atoms with Gasteiger partial charge in [0.15, 0.2) is 0 Å². The van der Waals surface area contributed by atoms with E-state index in [1.807, 2.05) is 0 Å². The highest BCUT2D eigenvalue weighted by Crippen LogP contribution is 2.57. The van der Waals surface area contributed by atoms with Crippen LogP contribution in [0.25, 0.3) is 0 Å². The molecule has 4 atom stereocenters. The number of Topliss-reactive ketones (excluding diaryl/α,β-unsaturated/α-hetero) is 1. The molecule has 2 aliphatic carbocycles. The zero-order chi connectivity index (χ0) is 12.7. The van der Waals surface area contributed by atoms with E-state index in [9.17, 15) is 9.90 Å². The van der Waals surface area contributed by atoms with Crippen LogP contribution in [0.3, 0.4) is 0 Å². The molecule has 0 aliphatic heterocycles. The highest BCUT2D eigenvalue weighted by atomic mass is 16.3. The molecule has 0 aromatic carbocycles. The molecule has 0 bridgehead atoms. The van der Waals surface area contributed by atoms with Crippen LogP contribution in [0.2, 0.25) is 0 Å². The van der Waals surface area contributed by atoms with Crippen LogP contribution >= 0.6 is 0 Å². The maximum absolute atomic E-state index is 12.0. The van der Waals surface area contributed by atoms with Crippen molar-refractivity contribution in [1.82, 2.24) is 0 Å². The standard InChI is InChI=1S/C14H21NO2/c1-13-7-3-4-11(16)10(13)5-6-12(13)14(2,17)8-9-15/h10,12,17H,3-8H2,1-2H3/t10-,12-,13-,14-/m0/s1. The normalized spacial score (nSPS) is 40.5. The number of ketones is 1. The van der Waals surface area contributed by atoms with E-state index in [-0.39, 0.29) is 23.7 Å². The third-order valence-electron chi connectivity index (χ3n) is 5.05. The summed E-state index contributed by atoms with van der Waals surface area (Å²) < 4.78 is 0. The molecule has 94 valence electrons. The van der Waals surface area contributed by atoms with Crippen LogP contribution < -0.4 is 0 Å². The lowest BCUT2D eigenvalue weighted by Crippen LogP contribution is -2.46. The van der Waals surface area contributed by atoms with Gasteiger partial charge >= 0.3 is 0 Å². The Morgan fingerprint density at radius 1 is 1.59 bits per heavy atom. The van der Waals surface area contributed by atoms with Gasteiger partial charge in [0.1, 0.15) is 5.78 Å². The average molecular weight is 235 g/mol. The summed E-state index contributed by atoms with van der Waals surface area (Å²) in [7, 11) is 0. The van der Waals surface area contributed by atoms with Gasteiger partial charge in [-0.2, -0.15) is 5.26 Å². The highest BCUT2D eigenvalue weighted by Gasteiger charge is 2.56. The van der Waals surface area contributed by atoms with E-state index in [1.54, 1.807) is 6.92 Å². The Balaban J connectivity index is 2.27. The second kappa shape index (κ2) is 4.10. The van der Waals surface area contributed by atoms with Gasteiger partial charge in [-0.15, -0.1) is 0 Å². The van der Waals surface area contributed by atoms with Crippen molar-refractivity contribution in [3.8, 4) is 6.07 Å². The molecule has 3 heteroatoms. The fourth-order valence-electron chi connectivity index (χ4n) is 4.24. The molecule has 0 heterocycles. The topological polar surface area (TPSA) is 61.1 Å². The molecule has 0 aromatic heterocycles. The van der Waals surface area contributed by atoms with Gasteiger partial charge in [0.05, 0.1) is 18.1 Å². The zero-order valence-corrected chi connectivity index (χ0v) is 10.7. The lowest BCUT2D eigenvalue weighted by molar-refractivity contribution is -0.133. The fourth-order valence-corrected chi connectivity index (χ4v) is 4.24. The van der Waals surface area contributed by atoms with Crippen LogP contribution in [0.15, 0.2) is 0 Å². The van der Waals surface area contributed by atoms with Crippen molar-refractivity contribution in [2.24, 2.45) is 17.3 Å². The number of hydrogen-bond donors (Lipinski definition) is 1. The summed E-state index contributed by atoms with van der Waals surface area (Å²) in [6.45, 7) is 3.89. The second-order valence-corrected chi connectivity index (χ2v) is 6.20. The van der Waals surface area contributed by atoms with Crippen molar-refractivity contribution in [3.63, 3.8) is 0 Å². The minimum atomic E-state index is -0.949. The van der Waals surface area contributed by atoms with Gasteiger partial charge in [-0.05, 0) is 43.9 Å². The summed E-state index contributed by atoms with van der Waals surface area (Å²) in [5.41, 5.74) is -1.04. The minimum Gasteiger partial charge on any atom is -0.389 e. The smallest absolute Gasteiger partial charge is 0.136 e. The predicted octanol–water partition coefficient (Wildman–Crippen LogP) is 2.44. The molecule has 2 saturated carbocycles. The van der Waals surface area contributed by atoms with Crippen molar-refractivity contribution >= 4 is 5.78 Å². The third-order valence-corrected chi connectivity index (χ3v) is 5.05. The van der Waals surface area contributed by atoms with Gasteiger partial charge in [-0.25, -0.2) is 0 Å². The number of nitriles is 1. The number of aliphatic hydroxyl groups is 1. The van der Waals surface area contributed by atoms with Gasteiger partial charge in [-0.3, -0.25) is 4.79 Å². The quantitative estimate of drug-likeness (QED) is 0.799. The van der Waals surface area contributed by atoms with Crippen LogP contribution in [-0.2, 0) is 4.79 Å². The van der Waals surface area contributed by atoms with Crippen LogP contribution in [0.5, 0.6) is 0 Å². The molecule has 0 amide bonds. The Morgan fingerprint density at radius 2 is 2.29 bits per heavy atom. The largest absolute Gasteiger partial charge is 0.389 e. The van der Waals surface area contributed by atoms with Gasteiger partial charge in [0.25, 0.3) is 0 Å². The molecule has 3 nitrogen and oxygen atoms in total. The van der Waals surface area contributed by atoms with Gasteiger partial charge in [0.2, 0.25) is 0 Å². The second-order valence-electron chi connectivity index (χ2n) is 6.20. The molecule has 2 fully saturated rings. The van der Waals surface area contributed by atoms with Crippen molar-refractivity contribution in [2.75, 3.05) is 0 Å². The van der Waals surface area contributed by atoms with E-state index in [2.05, 4.69) is 13.0 Å². The number of hydrogen-bond acceptors (Lipinski definition) is 3. The first kappa shape index (κ1) is 12.6. The van der Waals surface area contributed by atoms with Crippen LogP contribution in [0, 0.1) is 28.6 Å². The molecule has 2 aliphatic rings. The Bertz CT molecular complexity index is 369. The highest BCUT2D eigenvalue weighted by molar-refractivity contribution is 5.83. The van der Waals surface area contributed by atoms with Crippen molar-refractivity contribution in [1.29, 1.82) is 5.26 Å². The first-order chi connectivity index (χ1) is 7.92. The first-order valence-electron chi connectivity index (χ1n) is 6.54. The summed E-state index contributed by atoms with van der Waals surface area (Å²) in [5.74, 6) is 0.573. The minimum absolute atomic E-state index is 0.0869. The summed E-state index contributed by atoms with van der Waals surface area (Å²) >= 11 is 0. The maximum atomic E-state index is 12.0. The molecule has 0 spiro atoms. The van der Waals surface area contributed by atoms with Crippen LogP contribution in [0.1, 0.15) is 52.4 Å². The fraction of sp³-hybridized carbons (Fsp3) is 0.857. The lowest BCUT2D eigenvalue weighted by atomic mass is 9.61. The SMILES string of the molecule is C[C@]12CCCC(=O)[C@@H]1CC[C@@H]2[C@@](C)(O)CC#N. The van der Waals surface area contributed by atoms with Crippen molar-refractivity contribution in [2.45, 2.75) is 58.0 Å². The Kier molecular flexibility index (Phi) is 3.03. The van der Waals surface area contributed by atoms with E-state index >= 15 is 0 Å².